The van der Waals surface area contributed by atoms with Crippen molar-refractivity contribution in [3.63, 3.8) is 0 Å². The average Bonchev–Trinajstić information content (AvgIpc) is 2.89. The second-order valence-electron chi connectivity index (χ2n) is 5.46. The Bertz CT molecular complexity index is 650. The minimum Gasteiger partial charge on any atom is -0.465 e. The van der Waals surface area contributed by atoms with Crippen LogP contribution in [0.2, 0.25) is 0 Å². The number of sulfone groups is 1. The third kappa shape index (κ3) is 3.21. The summed E-state index contributed by atoms with van der Waals surface area (Å²) in [6.45, 7) is 1.85. The topological polar surface area (TPSA) is 77.5 Å². The van der Waals surface area contributed by atoms with Gasteiger partial charge in [-0.3, -0.25) is 9.59 Å². The zero-order valence-corrected chi connectivity index (χ0v) is 13.4. The molecule has 22 heavy (non-hydrogen) atoms. The van der Waals surface area contributed by atoms with Gasteiger partial charge in [0.2, 0.25) is 0 Å². The molecule has 1 aromatic carbocycles. The lowest BCUT2D eigenvalue weighted by atomic mass is 9.92. The molecule has 0 radical (unpaired) electrons. The van der Waals surface area contributed by atoms with Crippen LogP contribution >= 0.6 is 0 Å². The average molecular weight is 325 g/mol. The molecule has 0 spiro atoms. The van der Waals surface area contributed by atoms with Crippen LogP contribution in [0.5, 0.6) is 0 Å². The molecule has 0 N–H and O–H groups in total. The molecule has 0 aromatic heterocycles. The largest absolute Gasteiger partial charge is 0.465 e. The highest BCUT2D eigenvalue weighted by molar-refractivity contribution is 7.91. The van der Waals surface area contributed by atoms with Gasteiger partial charge in [-0.25, -0.2) is 8.42 Å². The monoisotopic (exact) mass is 325 g/mol. The van der Waals surface area contributed by atoms with Crippen LogP contribution in [0.25, 0.3) is 0 Å². The molecule has 2 rings (SSSR count). The summed E-state index contributed by atoms with van der Waals surface area (Å²) in [4.78, 5) is 24.6. The van der Waals surface area contributed by atoms with E-state index < -0.39 is 21.2 Å². The van der Waals surface area contributed by atoms with E-state index in [4.69, 9.17) is 4.74 Å². The summed E-state index contributed by atoms with van der Waals surface area (Å²) in [6.07, 6.45) is 1.27. The number of ether oxygens (including phenoxy) is 1. The number of Topliss-reactive ketones (excluding diaryl/α,β-unsaturated/α-hetero) is 1. The zero-order chi connectivity index (χ0) is 16.2. The fourth-order valence-electron chi connectivity index (χ4n) is 2.84. The molecular weight excluding hydrogens is 305 g/mol. The maximum Gasteiger partial charge on any atom is 0.319 e. The molecule has 6 heteroatoms. The van der Waals surface area contributed by atoms with Gasteiger partial charge >= 0.3 is 5.97 Å². The minimum atomic E-state index is -3.52. The van der Waals surface area contributed by atoms with Crippen LogP contribution in [0.1, 0.15) is 32.6 Å². The lowest BCUT2D eigenvalue weighted by molar-refractivity contribution is -0.158. The van der Waals surface area contributed by atoms with Crippen LogP contribution in [0.15, 0.2) is 35.2 Å². The van der Waals surface area contributed by atoms with Gasteiger partial charge in [-0.05, 0) is 38.3 Å². The highest BCUT2D eigenvalue weighted by Gasteiger charge is 2.50. The summed E-state index contributed by atoms with van der Waals surface area (Å²) in [5, 5.41) is 0. The van der Waals surface area contributed by atoms with Crippen molar-refractivity contribution in [3.8, 4) is 0 Å². The van der Waals surface area contributed by atoms with E-state index in [1.54, 1.807) is 25.1 Å². The molecule has 0 saturated heterocycles. The number of benzene rings is 1. The van der Waals surface area contributed by atoms with Gasteiger partial charge in [-0.1, -0.05) is 18.2 Å². The highest BCUT2D eigenvalue weighted by atomic mass is 32.2. The summed E-state index contributed by atoms with van der Waals surface area (Å²) in [7, 11) is -3.52. The predicted molar refractivity (Wildman–Crippen MR) is 81.0 cm³/mol. The molecule has 1 unspecified atom stereocenters. The van der Waals surface area contributed by atoms with E-state index in [9.17, 15) is 18.0 Å². The fourth-order valence-corrected chi connectivity index (χ4v) is 4.26. The van der Waals surface area contributed by atoms with Crippen molar-refractivity contribution < 1.29 is 22.7 Å². The first-order valence-electron chi connectivity index (χ1n) is 7.41. The highest BCUT2D eigenvalue weighted by Crippen LogP contribution is 2.40. The van der Waals surface area contributed by atoms with E-state index in [0.717, 1.165) is 0 Å². The normalized spacial score (nSPS) is 21.8. The van der Waals surface area contributed by atoms with Crippen LogP contribution in [0, 0.1) is 5.41 Å². The lowest BCUT2D eigenvalue weighted by Crippen LogP contribution is -2.38. The summed E-state index contributed by atoms with van der Waals surface area (Å²) < 4.78 is 29.7. The molecule has 0 bridgehead atoms. The Kier molecular flexibility index (Phi) is 5.01. The fraction of sp³-hybridized carbons (Fsp3) is 0.500. The SMILES string of the molecule is CCOC(=O)C1([13CH2]CS(=O)(=O)c2ccccc2)CCCC1=O. The molecule has 120 valence electrons. The molecule has 1 aromatic rings. The first kappa shape index (κ1) is 16.7. The van der Waals surface area contributed by atoms with E-state index in [-0.39, 0.29) is 29.5 Å². The smallest absolute Gasteiger partial charge is 0.319 e. The van der Waals surface area contributed by atoms with Gasteiger partial charge in [-0.2, -0.15) is 0 Å². The van der Waals surface area contributed by atoms with Gasteiger partial charge in [-0.15, -0.1) is 0 Å². The second-order valence-corrected chi connectivity index (χ2v) is 7.57. The predicted octanol–water partition coefficient (Wildman–Crippen LogP) is 2.15. The molecule has 0 heterocycles. The van der Waals surface area contributed by atoms with E-state index in [0.29, 0.717) is 19.3 Å². The first-order valence-corrected chi connectivity index (χ1v) is 9.06. The summed E-state index contributed by atoms with van der Waals surface area (Å²) >= 11 is 0. The standard InChI is InChI=1S/C16H20O5S/c1-2-21-15(18)16(10-6-9-14(16)17)11-12-22(19,20)13-7-4-3-5-8-13/h3-5,7-8H,2,6,9-12H2,1H3/i11+1. The maximum atomic E-state index is 12.4. The van der Waals surface area contributed by atoms with Gasteiger partial charge in [0, 0.05) is 6.42 Å². The van der Waals surface area contributed by atoms with Crippen LogP contribution in [-0.2, 0) is 24.2 Å². The van der Waals surface area contributed by atoms with Crippen molar-refractivity contribution in [2.45, 2.75) is 37.5 Å². The van der Waals surface area contributed by atoms with Crippen molar-refractivity contribution in [1.82, 2.24) is 0 Å². The molecule has 0 aliphatic heterocycles. The maximum absolute atomic E-state index is 12.4. The number of rotatable bonds is 6. The van der Waals surface area contributed by atoms with Crippen molar-refractivity contribution in [2.24, 2.45) is 5.41 Å². The van der Waals surface area contributed by atoms with Crippen LogP contribution in [0.3, 0.4) is 0 Å². The van der Waals surface area contributed by atoms with Gasteiger partial charge < -0.3 is 4.74 Å². The first-order chi connectivity index (χ1) is 10.4. The summed E-state index contributed by atoms with van der Waals surface area (Å²) in [5.41, 5.74) is -1.28. The van der Waals surface area contributed by atoms with E-state index in [2.05, 4.69) is 0 Å². The third-order valence-electron chi connectivity index (χ3n) is 4.11. The Balaban J connectivity index is 2.19. The van der Waals surface area contributed by atoms with E-state index in [1.807, 2.05) is 0 Å². The van der Waals surface area contributed by atoms with Crippen LogP contribution in [0.4, 0.5) is 0 Å². The van der Waals surface area contributed by atoms with E-state index >= 15 is 0 Å². The number of carbonyl (C=O) groups excluding carboxylic acids is 2. The molecule has 1 aliphatic carbocycles. The van der Waals surface area contributed by atoms with Crippen molar-refractivity contribution >= 4 is 21.6 Å². The summed E-state index contributed by atoms with van der Waals surface area (Å²) in [5.74, 6) is -1.02. The van der Waals surface area contributed by atoms with Gasteiger partial charge in [0.1, 0.15) is 11.2 Å². The van der Waals surface area contributed by atoms with Crippen LogP contribution in [-0.4, -0.2) is 32.5 Å². The third-order valence-corrected chi connectivity index (χ3v) is 5.84. The van der Waals surface area contributed by atoms with Crippen molar-refractivity contribution in [1.29, 1.82) is 0 Å². The Morgan fingerprint density at radius 3 is 2.50 bits per heavy atom. The number of ketones is 1. The molecule has 0 amide bonds. The molecular formula is C16H20O5S. The Morgan fingerprint density at radius 2 is 1.95 bits per heavy atom. The molecule has 5 nitrogen and oxygen atoms in total. The number of hydrogen-bond donors (Lipinski definition) is 0. The van der Waals surface area contributed by atoms with Crippen LogP contribution < -0.4 is 0 Å². The molecule has 1 aliphatic rings. The minimum absolute atomic E-state index is 0.0120. The summed E-state index contributed by atoms with van der Waals surface area (Å²) in [6, 6.07) is 8.06. The van der Waals surface area contributed by atoms with E-state index in [1.165, 1.54) is 12.1 Å². The van der Waals surface area contributed by atoms with Crippen molar-refractivity contribution in [2.75, 3.05) is 12.4 Å². The Labute approximate surface area is 130 Å². The molecule has 1 fully saturated rings. The molecule has 1 atom stereocenters. The number of carbonyl (C=O) groups is 2. The quantitative estimate of drug-likeness (QED) is 0.455. The zero-order valence-electron chi connectivity index (χ0n) is 12.6. The Hall–Kier alpha value is -1.69. The van der Waals surface area contributed by atoms with Gasteiger partial charge in [0.05, 0.1) is 17.3 Å². The second kappa shape index (κ2) is 6.60. The van der Waals surface area contributed by atoms with Gasteiger partial charge in [0.15, 0.2) is 9.84 Å². The number of hydrogen-bond acceptors (Lipinski definition) is 5. The lowest BCUT2D eigenvalue weighted by Gasteiger charge is -2.24. The molecule has 1 saturated carbocycles. The van der Waals surface area contributed by atoms with Gasteiger partial charge in [0.25, 0.3) is 0 Å². The number of esters is 1. The van der Waals surface area contributed by atoms with Crippen molar-refractivity contribution in [3.05, 3.63) is 30.3 Å². The Morgan fingerprint density at radius 1 is 1.27 bits per heavy atom.